The van der Waals surface area contributed by atoms with Gasteiger partial charge in [-0.15, -0.1) is 0 Å². The number of hydrogen-bond acceptors (Lipinski definition) is 2. The molecule has 0 aliphatic heterocycles. The van der Waals surface area contributed by atoms with Gasteiger partial charge in [0.1, 0.15) is 0 Å². The molecule has 0 saturated heterocycles. The number of rotatable bonds is 4. The second kappa shape index (κ2) is 6.24. The highest BCUT2D eigenvalue weighted by atomic mass is 16.2. The molecule has 0 aliphatic rings. The predicted molar refractivity (Wildman–Crippen MR) is 84.3 cm³/mol. The fourth-order valence-corrected chi connectivity index (χ4v) is 2.26. The number of benzene rings is 2. The first-order valence-corrected chi connectivity index (χ1v) is 6.69. The van der Waals surface area contributed by atoms with Crippen LogP contribution in [0.15, 0.2) is 48.5 Å². The molecule has 2 rings (SSSR count). The first-order valence-electron chi connectivity index (χ1n) is 6.69. The summed E-state index contributed by atoms with van der Waals surface area (Å²) in [5.41, 5.74) is 4.32. The Balaban J connectivity index is 2.00. The van der Waals surface area contributed by atoms with Crippen LogP contribution in [0.1, 0.15) is 11.1 Å². The Morgan fingerprint density at radius 2 is 1.80 bits per heavy atom. The average Bonchev–Trinajstić information content (AvgIpc) is 2.39. The van der Waals surface area contributed by atoms with Crippen LogP contribution in [-0.2, 0) is 4.79 Å². The lowest BCUT2D eigenvalue weighted by Crippen LogP contribution is -2.30. The molecule has 2 aromatic carbocycles. The smallest absolute Gasteiger partial charge is 0.243 e. The molecule has 0 radical (unpaired) electrons. The molecule has 0 saturated carbocycles. The molecule has 0 spiro atoms. The van der Waals surface area contributed by atoms with Gasteiger partial charge in [-0.3, -0.25) is 4.79 Å². The lowest BCUT2D eigenvalue weighted by molar-refractivity contribution is -0.114. The van der Waals surface area contributed by atoms with Crippen LogP contribution in [0.5, 0.6) is 0 Å². The van der Waals surface area contributed by atoms with Gasteiger partial charge in [0, 0.05) is 18.4 Å². The number of para-hydroxylation sites is 1. The van der Waals surface area contributed by atoms with Gasteiger partial charge >= 0.3 is 0 Å². The second-order valence-electron chi connectivity index (χ2n) is 5.06. The summed E-state index contributed by atoms with van der Waals surface area (Å²) in [7, 11) is 1.93. The van der Waals surface area contributed by atoms with Gasteiger partial charge in [-0.2, -0.15) is 0 Å². The summed E-state index contributed by atoms with van der Waals surface area (Å²) < 4.78 is 0. The Kier molecular flexibility index (Phi) is 4.41. The van der Waals surface area contributed by atoms with Crippen molar-refractivity contribution in [1.82, 2.24) is 0 Å². The van der Waals surface area contributed by atoms with Gasteiger partial charge in [-0.25, -0.2) is 0 Å². The molecule has 0 aromatic heterocycles. The zero-order valence-electron chi connectivity index (χ0n) is 12.2. The van der Waals surface area contributed by atoms with E-state index in [1.54, 1.807) is 0 Å². The number of aryl methyl sites for hydroxylation is 2. The van der Waals surface area contributed by atoms with Gasteiger partial charge in [-0.05, 0) is 37.6 Å². The normalized spacial score (nSPS) is 10.2. The minimum absolute atomic E-state index is 0.0151. The van der Waals surface area contributed by atoms with Crippen molar-refractivity contribution in [1.29, 1.82) is 0 Å². The maximum Gasteiger partial charge on any atom is 0.243 e. The van der Waals surface area contributed by atoms with Gasteiger partial charge < -0.3 is 10.2 Å². The van der Waals surface area contributed by atoms with E-state index >= 15 is 0 Å². The van der Waals surface area contributed by atoms with E-state index in [0.29, 0.717) is 6.54 Å². The Bertz CT molecular complexity index is 593. The molecule has 104 valence electrons. The summed E-state index contributed by atoms with van der Waals surface area (Å²) in [6.07, 6.45) is 0. The summed E-state index contributed by atoms with van der Waals surface area (Å²) in [6, 6.07) is 15.8. The SMILES string of the molecule is Cc1ccc(N(C)CC(=O)Nc2ccccc2)c(C)c1. The van der Waals surface area contributed by atoms with E-state index in [9.17, 15) is 4.79 Å². The number of amides is 1. The van der Waals surface area contributed by atoms with Crippen LogP contribution >= 0.6 is 0 Å². The molecule has 0 bridgehead atoms. The monoisotopic (exact) mass is 268 g/mol. The van der Waals surface area contributed by atoms with Crippen molar-refractivity contribution < 1.29 is 4.79 Å². The lowest BCUT2D eigenvalue weighted by atomic mass is 10.1. The third kappa shape index (κ3) is 3.60. The van der Waals surface area contributed by atoms with Crippen LogP contribution in [0.25, 0.3) is 0 Å². The first-order chi connectivity index (χ1) is 9.56. The molecule has 3 heteroatoms. The number of anilines is 2. The molecular formula is C17H20N2O. The summed E-state index contributed by atoms with van der Waals surface area (Å²) in [5, 5.41) is 2.89. The van der Waals surface area contributed by atoms with Crippen molar-refractivity contribution in [3.63, 3.8) is 0 Å². The van der Waals surface area contributed by atoms with Crippen molar-refractivity contribution in [2.45, 2.75) is 13.8 Å². The highest BCUT2D eigenvalue weighted by molar-refractivity contribution is 5.94. The Morgan fingerprint density at radius 1 is 1.10 bits per heavy atom. The molecule has 0 aliphatic carbocycles. The minimum atomic E-state index is -0.0151. The molecule has 0 atom stereocenters. The fraction of sp³-hybridized carbons (Fsp3) is 0.235. The topological polar surface area (TPSA) is 32.3 Å². The van der Waals surface area contributed by atoms with E-state index in [4.69, 9.17) is 0 Å². The Hall–Kier alpha value is -2.29. The maximum absolute atomic E-state index is 12.0. The van der Waals surface area contributed by atoms with Crippen molar-refractivity contribution in [3.8, 4) is 0 Å². The number of carbonyl (C=O) groups excluding carboxylic acids is 1. The Labute approximate surface area is 120 Å². The largest absolute Gasteiger partial charge is 0.365 e. The van der Waals surface area contributed by atoms with Crippen molar-refractivity contribution >= 4 is 17.3 Å². The quantitative estimate of drug-likeness (QED) is 0.922. The van der Waals surface area contributed by atoms with Crippen molar-refractivity contribution in [2.75, 3.05) is 23.8 Å². The molecule has 0 unspecified atom stereocenters. The van der Waals surface area contributed by atoms with E-state index < -0.39 is 0 Å². The number of nitrogens with zero attached hydrogens (tertiary/aromatic N) is 1. The van der Waals surface area contributed by atoms with E-state index in [1.165, 1.54) is 11.1 Å². The van der Waals surface area contributed by atoms with Gasteiger partial charge in [-0.1, -0.05) is 35.9 Å². The van der Waals surface area contributed by atoms with Gasteiger partial charge in [0.2, 0.25) is 5.91 Å². The van der Waals surface area contributed by atoms with Crippen molar-refractivity contribution in [2.24, 2.45) is 0 Å². The number of likely N-dealkylation sites (N-methyl/N-ethyl adjacent to an activating group) is 1. The average molecular weight is 268 g/mol. The molecule has 20 heavy (non-hydrogen) atoms. The minimum Gasteiger partial charge on any atom is -0.365 e. The van der Waals surface area contributed by atoms with Crippen molar-refractivity contribution in [3.05, 3.63) is 59.7 Å². The number of hydrogen-bond donors (Lipinski definition) is 1. The zero-order chi connectivity index (χ0) is 14.5. The highest BCUT2D eigenvalue weighted by Crippen LogP contribution is 2.19. The van der Waals surface area contributed by atoms with Crippen LogP contribution in [0, 0.1) is 13.8 Å². The third-order valence-corrected chi connectivity index (χ3v) is 3.20. The lowest BCUT2D eigenvalue weighted by Gasteiger charge is -2.21. The Morgan fingerprint density at radius 3 is 2.45 bits per heavy atom. The third-order valence-electron chi connectivity index (χ3n) is 3.20. The van der Waals surface area contributed by atoms with Crippen LogP contribution < -0.4 is 10.2 Å². The van der Waals surface area contributed by atoms with Crippen LogP contribution in [-0.4, -0.2) is 19.5 Å². The van der Waals surface area contributed by atoms with Gasteiger partial charge in [0.25, 0.3) is 0 Å². The molecule has 1 amide bonds. The second-order valence-corrected chi connectivity index (χ2v) is 5.06. The van der Waals surface area contributed by atoms with Crippen LogP contribution in [0.3, 0.4) is 0 Å². The zero-order valence-corrected chi connectivity index (χ0v) is 12.2. The summed E-state index contributed by atoms with van der Waals surface area (Å²) in [5.74, 6) is -0.0151. The summed E-state index contributed by atoms with van der Waals surface area (Å²) in [6.45, 7) is 4.46. The predicted octanol–water partition coefficient (Wildman–Crippen LogP) is 3.38. The standard InChI is InChI=1S/C17H20N2O/c1-13-9-10-16(14(2)11-13)19(3)12-17(20)18-15-7-5-4-6-8-15/h4-11H,12H2,1-3H3,(H,18,20). The fourth-order valence-electron chi connectivity index (χ4n) is 2.26. The van der Waals surface area contributed by atoms with E-state index in [0.717, 1.165) is 11.4 Å². The first kappa shape index (κ1) is 14.1. The number of carbonyl (C=O) groups is 1. The van der Waals surface area contributed by atoms with Crippen LogP contribution in [0.2, 0.25) is 0 Å². The molecule has 1 N–H and O–H groups in total. The van der Waals surface area contributed by atoms with E-state index in [1.807, 2.05) is 42.3 Å². The maximum atomic E-state index is 12.0. The molecule has 0 fully saturated rings. The van der Waals surface area contributed by atoms with Gasteiger partial charge in [0.05, 0.1) is 6.54 Å². The van der Waals surface area contributed by atoms with E-state index in [2.05, 4.69) is 37.4 Å². The van der Waals surface area contributed by atoms with E-state index in [-0.39, 0.29) is 5.91 Å². The summed E-state index contributed by atoms with van der Waals surface area (Å²) in [4.78, 5) is 14.0. The molecule has 3 nitrogen and oxygen atoms in total. The van der Waals surface area contributed by atoms with Gasteiger partial charge in [0.15, 0.2) is 0 Å². The molecule has 2 aromatic rings. The summed E-state index contributed by atoms with van der Waals surface area (Å²) >= 11 is 0. The number of nitrogens with one attached hydrogen (secondary N) is 1. The molecular weight excluding hydrogens is 248 g/mol. The van der Waals surface area contributed by atoms with Crippen LogP contribution in [0.4, 0.5) is 11.4 Å². The highest BCUT2D eigenvalue weighted by Gasteiger charge is 2.09. The molecule has 0 heterocycles.